The van der Waals surface area contributed by atoms with E-state index in [0.717, 1.165) is 6.42 Å². The van der Waals surface area contributed by atoms with Crippen LogP contribution in [0.1, 0.15) is 78.6 Å². The fourth-order valence-corrected chi connectivity index (χ4v) is 12.9. The smallest absolute Gasteiger partial charge is 0.0719 e. The first kappa shape index (κ1) is 40.5. The van der Waals surface area contributed by atoms with Crippen molar-refractivity contribution in [1.82, 2.24) is 0 Å². The van der Waals surface area contributed by atoms with Crippen molar-refractivity contribution < 1.29 is 0 Å². The molecule has 9 aromatic rings. The number of rotatable bonds is 6. The van der Waals surface area contributed by atoms with Gasteiger partial charge in [-0.05, 0) is 131 Å². The molecular formula is C67H53N. The maximum absolute atomic E-state index is 2.62. The highest BCUT2D eigenvalue weighted by Crippen LogP contribution is 2.62. The van der Waals surface area contributed by atoms with Crippen LogP contribution in [0.3, 0.4) is 0 Å². The predicted molar refractivity (Wildman–Crippen MR) is 285 cm³/mol. The molecule has 9 aromatic carbocycles. The van der Waals surface area contributed by atoms with Crippen molar-refractivity contribution >= 4 is 16.9 Å². The van der Waals surface area contributed by atoms with Gasteiger partial charge < -0.3 is 4.90 Å². The van der Waals surface area contributed by atoms with Gasteiger partial charge in [0, 0.05) is 27.8 Å². The van der Waals surface area contributed by atoms with Gasteiger partial charge in [0.05, 0.1) is 11.5 Å². The van der Waals surface area contributed by atoms with Gasteiger partial charge in [-0.2, -0.15) is 0 Å². The molecule has 1 nitrogen and oxygen atoms in total. The minimum Gasteiger partial charge on any atom is -0.334 e. The van der Waals surface area contributed by atoms with E-state index < -0.39 is 5.41 Å². The Labute approximate surface area is 401 Å². The summed E-state index contributed by atoms with van der Waals surface area (Å²) in [5, 5.41) is 0. The van der Waals surface area contributed by atoms with E-state index in [2.05, 4.69) is 263 Å². The highest BCUT2D eigenvalue weighted by atomic mass is 15.2. The lowest BCUT2D eigenvalue weighted by molar-refractivity contribution is 0.563. The van der Waals surface area contributed by atoms with Crippen molar-refractivity contribution in [2.45, 2.75) is 56.4 Å². The van der Waals surface area contributed by atoms with Gasteiger partial charge in [-0.1, -0.05) is 228 Å². The van der Waals surface area contributed by atoms with Gasteiger partial charge in [0.2, 0.25) is 0 Å². The Kier molecular flexibility index (Phi) is 9.02. The molecule has 1 spiro atoms. The first-order chi connectivity index (χ1) is 33.2. The third kappa shape index (κ3) is 5.81. The SMILES string of the molecule is CC1(C)C2=C(C=CC(N(c3ccc(-c4ccc5c(c4)C4(c6ccccc6-5)c5ccccc5C(C)(C)c5ccccc54)cc3)c3ccc(-c4ccccc4)cc3-c3ccccc3)C2)c2ccccc21. The molecule has 0 heterocycles. The number of fused-ring (bicyclic) bond motifs is 11. The summed E-state index contributed by atoms with van der Waals surface area (Å²) in [6, 6.07) is 82.2. The molecule has 0 bridgehead atoms. The molecule has 0 saturated carbocycles. The van der Waals surface area contributed by atoms with Crippen LogP contribution in [0.25, 0.3) is 50.1 Å². The molecule has 68 heavy (non-hydrogen) atoms. The lowest BCUT2D eigenvalue weighted by Gasteiger charge is -2.46. The third-order valence-corrected chi connectivity index (χ3v) is 16.2. The second-order valence-electron chi connectivity index (χ2n) is 20.3. The number of benzene rings is 9. The molecule has 4 aliphatic carbocycles. The summed E-state index contributed by atoms with van der Waals surface area (Å²) >= 11 is 0. The maximum Gasteiger partial charge on any atom is 0.0719 e. The Hall–Kier alpha value is -7.74. The molecule has 4 aliphatic rings. The molecule has 326 valence electrons. The quantitative estimate of drug-likeness (QED) is 0.161. The van der Waals surface area contributed by atoms with Gasteiger partial charge in [-0.15, -0.1) is 0 Å². The molecule has 0 aliphatic heterocycles. The van der Waals surface area contributed by atoms with Crippen LogP contribution in [-0.2, 0) is 16.2 Å². The number of nitrogens with zero attached hydrogens (tertiary/aromatic N) is 1. The lowest BCUT2D eigenvalue weighted by Crippen LogP contribution is -2.40. The van der Waals surface area contributed by atoms with E-state index in [4.69, 9.17) is 0 Å². The monoisotopic (exact) mass is 871 g/mol. The fraction of sp³-hybridized carbons (Fsp3) is 0.134. The van der Waals surface area contributed by atoms with Crippen LogP contribution in [0.15, 0.2) is 236 Å². The van der Waals surface area contributed by atoms with E-state index in [9.17, 15) is 0 Å². The molecule has 0 N–H and O–H groups in total. The van der Waals surface area contributed by atoms with Crippen molar-refractivity contribution in [3.63, 3.8) is 0 Å². The first-order valence-electron chi connectivity index (χ1n) is 24.4. The zero-order chi connectivity index (χ0) is 45.8. The van der Waals surface area contributed by atoms with Gasteiger partial charge >= 0.3 is 0 Å². The second-order valence-corrected chi connectivity index (χ2v) is 20.3. The summed E-state index contributed by atoms with van der Waals surface area (Å²) in [5.74, 6) is 0. The highest BCUT2D eigenvalue weighted by Gasteiger charge is 2.53. The highest BCUT2D eigenvalue weighted by molar-refractivity contribution is 5.92. The molecule has 0 aromatic heterocycles. The van der Waals surface area contributed by atoms with Crippen LogP contribution in [0.2, 0.25) is 0 Å². The Morgan fingerprint density at radius 1 is 0.368 bits per heavy atom. The molecule has 1 unspecified atom stereocenters. The van der Waals surface area contributed by atoms with Gasteiger partial charge in [0.15, 0.2) is 0 Å². The predicted octanol–water partition coefficient (Wildman–Crippen LogP) is 16.9. The normalized spacial score (nSPS) is 17.1. The summed E-state index contributed by atoms with van der Waals surface area (Å²) in [5.41, 5.74) is 25.7. The van der Waals surface area contributed by atoms with Gasteiger partial charge in [-0.3, -0.25) is 0 Å². The fourth-order valence-electron chi connectivity index (χ4n) is 12.9. The number of hydrogen-bond donors (Lipinski definition) is 0. The topological polar surface area (TPSA) is 3.24 Å². The molecule has 13 rings (SSSR count). The van der Waals surface area contributed by atoms with Crippen LogP contribution < -0.4 is 4.90 Å². The summed E-state index contributed by atoms with van der Waals surface area (Å²) in [4.78, 5) is 2.62. The van der Waals surface area contributed by atoms with Crippen LogP contribution >= 0.6 is 0 Å². The van der Waals surface area contributed by atoms with Crippen molar-refractivity contribution in [1.29, 1.82) is 0 Å². The van der Waals surface area contributed by atoms with Crippen LogP contribution in [0.5, 0.6) is 0 Å². The average molecular weight is 872 g/mol. The summed E-state index contributed by atoms with van der Waals surface area (Å²) in [6.07, 6.45) is 5.81. The molecule has 0 saturated heterocycles. The summed E-state index contributed by atoms with van der Waals surface area (Å²) in [6.45, 7) is 9.62. The standard InChI is InChI=1S/C67H53N/c1-65(2)56-25-13-11-23-51(56)53-39-37-50(43-62(53)65)68(64-40-34-47(44-19-7-5-8-20-44)41-55(64)46-21-9-6-10-22-46)49-35-31-45(32-36-49)48-33-38-54-52-24-12-14-26-57(52)67(63(54)42-48)60-29-17-15-27-58(60)66(3,4)59-28-16-18-30-61(59)67/h5-42,50H,43H2,1-4H3. The van der Waals surface area contributed by atoms with Gasteiger partial charge in [-0.25, -0.2) is 0 Å². The minimum atomic E-state index is -0.435. The minimum absolute atomic E-state index is 0.0659. The Balaban J connectivity index is 0.963. The van der Waals surface area contributed by atoms with E-state index in [-0.39, 0.29) is 16.9 Å². The van der Waals surface area contributed by atoms with E-state index >= 15 is 0 Å². The number of hydrogen-bond acceptors (Lipinski definition) is 1. The molecule has 0 amide bonds. The van der Waals surface area contributed by atoms with E-state index in [1.54, 1.807) is 0 Å². The van der Waals surface area contributed by atoms with Crippen molar-refractivity contribution in [3.05, 3.63) is 281 Å². The molecule has 1 heteroatoms. The van der Waals surface area contributed by atoms with E-state index in [1.165, 1.54) is 112 Å². The third-order valence-electron chi connectivity index (χ3n) is 16.2. The van der Waals surface area contributed by atoms with E-state index in [1.807, 2.05) is 0 Å². The summed E-state index contributed by atoms with van der Waals surface area (Å²) in [7, 11) is 0. The molecule has 0 radical (unpaired) electrons. The maximum atomic E-state index is 2.62. The largest absolute Gasteiger partial charge is 0.334 e. The van der Waals surface area contributed by atoms with Crippen LogP contribution in [0.4, 0.5) is 11.4 Å². The van der Waals surface area contributed by atoms with Crippen LogP contribution in [-0.4, -0.2) is 6.04 Å². The van der Waals surface area contributed by atoms with Crippen molar-refractivity contribution in [3.8, 4) is 44.5 Å². The van der Waals surface area contributed by atoms with Gasteiger partial charge in [0.25, 0.3) is 0 Å². The number of anilines is 2. The molecule has 0 fully saturated rings. The average Bonchev–Trinajstić information content (AvgIpc) is 3.81. The molecular weight excluding hydrogens is 819 g/mol. The lowest BCUT2D eigenvalue weighted by atomic mass is 9.55. The van der Waals surface area contributed by atoms with Crippen molar-refractivity contribution in [2.24, 2.45) is 0 Å². The van der Waals surface area contributed by atoms with Crippen molar-refractivity contribution in [2.75, 3.05) is 4.90 Å². The zero-order valence-corrected chi connectivity index (χ0v) is 39.2. The Morgan fingerprint density at radius 3 is 1.54 bits per heavy atom. The van der Waals surface area contributed by atoms with Crippen LogP contribution in [0, 0.1) is 0 Å². The first-order valence-corrected chi connectivity index (χ1v) is 24.4. The second kappa shape index (κ2) is 15.1. The summed E-state index contributed by atoms with van der Waals surface area (Å²) < 4.78 is 0. The Bertz CT molecular complexity index is 3480. The molecule has 1 atom stereocenters. The van der Waals surface area contributed by atoms with Gasteiger partial charge in [0.1, 0.15) is 0 Å². The Morgan fingerprint density at radius 2 is 0.868 bits per heavy atom. The number of allylic oxidation sites excluding steroid dienone is 2. The zero-order valence-electron chi connectivity index (χ0n) is 39.2. The van der Waals surface area contributed by atoms with E-state index in [0.29, 0.717) is 0 Å².